The Hall–Kier alpha value is -1.56. The van der Waals surface area contributed by atoms with Crippen molar-refractivity contribution < 1.29 is 8.42 Å². The molecule has 1 fully saturated rings. The van der Waals surface area contributed by atoms with Crippen LogP contribution < -0.4 is 4.72 Å². The fraction of sp³-hybridized carbons (Fsp3) is 0.316. The fourth-order valence-electron chi connectivity index (χ4n) is 2.96. The van der Waals surface area contributed by atoms with Gasteiger partial charge in [-0.3, -0.25) is 9.71 Å². The second kappa shape index (κ2) is 8.42. The van der Waals surface area contributed by atoms with Gasteiger partial charge in [-0.15, -0.1) is 0 Å². The van der Waals surface area contributed by atoms with Crippen LogP contribution in [0.4, 0.5) is 0 Å². The van der Waals surface area contributed by atoms with Crippen molar-refractivity contribution in [3.05, 3.63) is 64.1 Å². The monoisotopic (exact) mass is 410 g/mol. The molecule has 3 rings (SSSR count). The maximum Gasteiger partial charge on any atom is 0.263 e. The van der Waals surface area contributed by atoms with Crippen LogP contribution in [0.3, 0.4) is 0 Å². The molecule has 0 bridgehead atoms. The maximum atomic E-state index is 12.8. The Morgan fingerprint density at radius 1 is 0.885 bits per heavy atom. The molecular weight excluding hydrogens is 391 g/mol. The molecule has 0 amide bonds. The van der Waals surface area contributed by atoms with Gasteiger partial charge in [0.25, 0.3) is 10.0 Å². The standard InChI is InChI=1S/C19H20Cl2N2O2S/c20-15-8-6-14(7-9-15)19(22-17-4-2-1-3-5-17)23-26(24,25)18-12-10-16(21)11-13-18/h6-13,17H,1-5H2,(H,22,23). The topological polar surface area (TPSA) is 58.5 Å². The molecule has 4 nitrogen and oxygen atoms in total. The number of nitrogens with one attached hydrogen (secondary N) is 1. The Balaban J connectivity index is 1.93. The smallest absolute Gasteiger partial charge is 0.263 e. The molecular formula is C19H20Cl2N2O2S. The molecule has 2 aromatic carbocycles. The number of halogens is 2. The van der Waals surface area contributed by atoms with E-state index in [9.17, 15) is 8.42 Å². The Morgan fingerprint density at radius 3 is 2.00 bits per heavy atom. The number of hydrogen-bond donors (Lipinski definition) is 1. The summed E-state index contributed by atoms with van der Waals surface area (Å²) in [5.41, 5.74) is 0.692. The normalized spacial score (nSPS) is 16.5. The fourth-order valence-corrected chi connectivity index (χ4v) is 4.25. The van der Waals surface area contributed by atoms with Gasteiger partial charge >= 0.3 is 0 Å². The zero-order valence-corrected chi connectivity index (χ0v) is 16.5. The van der Waals surface area contributed by atoms with Gasteiger partial charge in [-0.2, -0.15) is 0 Å². The van der Waals surface area contributed by atoms with Crippen LogP contribution in [-0.2, 0) is 10.0 Å². The molecule has 0 unspecified atom stereocenters. The molecule has 26 heavy (non-hydrogen) atoms. The Kier molecular flexibility index (Phi) is 6.22. The highest BCUT2D eigenvalue weighted by Gasteiger charge is 2.20. The Labute approximate surface area is 164 Å². The molecule has 1 aliphatic rings. The van der Waals surface area contributed by atoms with E-state index in [1.807, 2.05) is 0 Å². The summed E-state index contributed by atoms with van der Waals surface area (Å²) in [5, 5.41) is 1.07. The molecule has 0 aromatic heterocycles. The van der Waals surface area contributed by atoms with E-state index < -0.39 is 10.0 Å². The van der Waals surface area contributed by atoms with Gasteiger partial charge < -0.3 is 0 Å². The Bertz CT molecular complexity index is 873. The zero-order chi connectivity index (χ0) is 18.6. The molecule has 1 aliphatic carbocycles. The van der Waals surface area contributed by atoms with Crippen LogP contribution >= 0.6 is 23.2 Å². The van der Waals surface area contributed by atoms with Crippen molar-refractivity contribution in [2.45, 2.75) is 43.0 Å². The third kappa shape index (κ3) is 5.00. The van der Waals surface area contributed by atoms with Crippen LogP contribution in [0.2, 0.25) is 10.0 Å². The van der Waals surface area contributed by atoms with E-state index in [1.54, 1.807) is 36.4 Å². The summed E-state index contributed by atoms with van der Waals surface area (Å²) in [5.74, 6) is 0.350. The lowest BCUT2D eigenvalue weighted by Gasteiger charge is -2.20. The van der Waals surface area contributed by atoms with E-state index in [-0.39, 0.29) is 10.9 Å². The SMILES string of the molecule is O=S(=O)(NC(=NC1CCCCC1)c1ccc(Cl)cc1)c1ccc(Cl)cc1. The summed E-state index contributed by atoms with van der Waals surface area (Å²) in [6, 6.07) is 13.2. The average molecular weight is 411 g/mol. The minimum absolute atomic E-state index is 0.127. The lowest BCUT2D eigenvalue weighted by atomic mass is 9.96. The first kappa shape index (κ1) is 19.2. The van der Waals surface area contributed by atoms with Gasteiger partial charge in [-0.25, -0.2) is 8.42 Å². The average Bonchev–Trinajstić information content (AvgIpc) is 2.63. The summed E-state index contributed by atoms with van der Waals surface area (Å²) in [6.07, 6.45) is 5.39. The third-order valence-corrected chi connectivity index (χ3v) is 6.22. The number of rotatable bonds is 4. The molecule has 7 heteroatoms. The van der Waals surface area contributed by atoms with E-state index in [2.05, 4.69) is 4.72 Å². The summed E-state index contributed by atoms with van der Waals surface area (Å²) in [4.78, 5) is 4.87. The van der Waals surface area contributed by atoms with E-state index >= 15 is 0 Å². The van der Waals surface area contributed by atoms with Gasteiger partial charge in [0.1, 0.15) is 5.84 Å². The molecule has 0 saturated heterocycles. The zero-order valence-electron chi connectivity index (χ0n) is 14.2. The summed E-state index contributed by atoms with van der Waals surface area (Å²) in [7, 11) is -3.76. The van der Waals surface area contributed by atoms with Gasteiger partial charge in [-0.05, 0) is 61.4 Å². The minimum Gasteiger partial charge on any atom is -0.264 e. The molecule has 0 aliphatic heterocycles. The van der Waals surface area contributed by atoms with Crippen LogP contribution in [0, 0.1) is 0 Å². The first-order valence-electron chi connectivity index (χ1n) is 8.56. The molecule has 1 N–H and O–H groups in total. The Morgan fingerprint density at radius 2 is 1.42 bits per heavy atom. The summed E-state index contributed by atoms with van der Waals surface area (Å²) in [6.45, 7) is 0. The van der Waals surface area contributed by atoms with E-state index in [1.165, 1.54) is 18.6 Å². The second-order valence-corrected chi connectivity index (χ2v) is 8.89. The molecule has 2 aromatic rings. The first-order valence-corrected chi connectivity index (χ1v) is 10.8. The first-order chi connectivity index (χ1) is 12.4. The highest BCUT2D eigenvalue weighted by molar-refractivity contribution is 7.90. The number of aliphatic imine (C=N–C) groups is 1. The van der Waals surface area contributed by atoms with E-state index in [4.69, 9.17) is 28.2 Å². The molecule has 0 spiro atoms. The van der Waals surface area contributed by atoms with Crippen LogP contribution in [0.1, 0.15) is 37.7 Å². The lowest BCUT2D eigenvalue weighted by molar-refractivity contribution is 0.443. The minimum atomic E-state index is -3.76. The molecule has 138 valence electrons. The summed E-state index contributed by atoms with van der Waals surface area (Å²) >= 11 is 11.8. The van der Waals surface area contributed by atoms with Gasteiger partial charge in [0, 0.05) is 15.6 Å². The third-order valence-electron chi connectivity index (χ3n) is 4.36. The number of benzene rings is 2. The van der Waals surface area contributed by atoms with Crippen molar-refractivity contribution in [1.29, 1.82) is 0 Å². The quantitative estimate of drug-likeness (QED) is 0.565. The number of nitrogens with zero attached hydrogens (tertiary/aromatic N) is 1. The lowest BCUT2D eigenvalue weighted by Crippen LogP contribution is -2.33. The van der Waals surface area contributed by atoms with Crippen molar-refractivity contribution in [2.75, 3.05) is 0 Å². The molecule has 0 radical (unpaired) electrons. The van der Waals surface area contributed by atoms with Crippen LogP contribution in [0.15, 0.2) is 58.4 Å². The van der Waals surface area contributed by atoms with Gasteiger partial charge in [-0.1, -0.05) is 42.5 Å². The number of hydrogen-bond acceptors (Lipinski definition) is 3. The van der Waals surface area contributed by atoms with E-state index in [0.29, 0.717) is 21.4 Å². The molecule has 0 heterocycles. The number of amidine groups is 1. The predicted molar refractivity (Wildman–Crippen MR) is 107 cm³/mol. The van der Waals surface area contributed by atoms with Crippen molar-refractivity contribution in [1.82, 2.24) is 4.72 Å². The van der Waals surface area contributed by atoms with Crippen LogP contribution in [0.5, 0.6) is 0 Å². The highest BCUT2D eigenvalue weighted by Crippen LogP contribution is 2.22. The van der Waals surface area contributed by atoms with Gasteiger partial charge in [0.15, 0.2) is 0 Å². The molecule has 1 saturated carbocycles. The van der Waals surface area contributed by atoms with Crippen molar-refractivity contribution in [3.63, 3.8) is 0 Å². The maximum absolute atomic E-state index is 12.8. The largest absolute Gasteiger partial charge is 0.264 e. The predicted octanol–water partition coefficient (Wildman–Crippen LogP) is 5.05. The summed E-state index contributed by atoms with van der Waals surface area (Å²) < 4.78 is 28.2. The second-order valence-electron chi connectivity index (χ2n) is 6.34. The highest BCUT2D eigenvalue weighted by atomic mass is 35.5. The number of sulfonamides is 1. The van der Waals surface area contributed by atoms with Crippen LogP contribution in [0.25, 0.3) is 0 Å². The van der Waals surface area contributed by atoms with Crippen LogP contribution in [-0.4, -0.2) is 20.3 Å². The molecule has 0 atom stereocenters. The van der Waals surface area contributed by atoms with Crippen molar-refractivity contribution in [3.8, 4) is 0 Å². The van der Waals surface area contributed by atoms with E-state index in [0.717, 1.165) is 25.7 Å². The van der Waals surface area contributed by atoms with Gasteiger partial charge in [0.2, 0.25) is 0 Å². The van der Waals surface area contributed by atoms with Gasteiger partial charge in [0.05, 0.1) is 10.9 Å². The van der Waals surface area contributed by atoms with Crippen molar-refractivity contribution in [2.24, 2.45) is 4.99 Å². The van der Waals surface area contributed by atoms with Crippen molar-refractivity contribution >= 4 is 39.1 Å².